The number of nitrogens with one attached hydrogen (secondary N) is 1. The quantitative estimate of drug-likeness (QED) is 0.429. The van der Waals surface area contributed by atoms with E-state index in [4.69, 9.17) is 5.73 Å². The summed E-state index contributed by atoms with van der Waals surface area (Å²) in [5.41, 5.74) is 9.44. The number of hydrogen-bond acceptors (Lipinski definition) is 6. The Bertz CT molecular complexity index is 1200. The van der Waals surface area contributed by atoms with Gasteiger partial charge in [0.1, 0.15) is 12.0 Å². The first-order valence-corrected chi connectivity index (χ1v) is 9.82. The smallest absolute Gasteiger partial charge is 0.161 e. The first-order valence-electron chi connectivity index (χ1n) is 9.82. The van der Waals surface area contributed by atoms with Crippen LogP contribution in [0, 0.1) is 0 Å². The van der Waals surface area contributed by atoms with Crippen LogP contribution in [0.2, 0.25) is 0 Å². The first-order chi connectivity index (χ1) is 14.6. The Balaban J connectivity index is 1.71. The van der Waals surface area contributed by atoms with Crippen molar-refractivity contribution in [3.05, 3.63) is 78.6 Å². The van der Waals surface area contributed by atoms with E-state index < -0.39 is 0 Å². The molecular formula is C24H23N5O. The normalized spacial score (nSPS) is 10.7. The second-order valence-corrected chi connectivity index (χ2v) is 6.96. The largest absolute Gasteiger partial charge is 0.393 e. The van der Waals surface area contributed by atoms with Gasteiger partial charge in [0.05, 0.1) is 5.69 Å². The van der Waals surface area contributed by atoms with Crippen LogP contribution in [0.5, 0.6) is 0 Å². The van der Waals surface area contributed by atoms with Gasteiger partial charge in [-0.15, -0.1) is 0 Å². The molecule has 4 rings (SSSR count). The van der Waals surface area contributed by atoms with Gasteiger partial charge in [-0.05, 0) is 49.6 Å². The number of Topliss-reactive ketones (excluding diaryl/α,β-unsaturated/α-hetero) is 1. The highest BCUT2D eigenvalue weighted by molar-refractivity contribution is 5.97. The molecule has 30 heavy (non-hydrogen) atoms. The Morgan fingerprint density at radius 3 is 2.47 bits per heavy atom. The van der Waals surface area contributed by atoms with Crippen molar-refractivity contribution in [3.8, 4) is 0 Å². The molecule has 4 aromatic rings. The maximum Gasteiger partial charge on any atom is 0.161 e. The highest BCUT2D eigenvalue weighted by Crippen LogP contribution is 2.36. The van der Waals surface area contributed by atoms with E-state index in [1.165, 1.54) is 6.33 Å². The molecule has 0 aliphatic heterocycles. The molecule has 0 aliphatic rings. The number of nitrogen functional groups attached to an aromatic ring is 1. The molecule has 3 N–H and O–H groups in total. The summed E-state index contributed by atoms with van der Waals surface area (Å²) in [5, 5.41) is 5.52. The summed E-state index contributed by atoms with van der Waals surface area (Å²) in [7, 11) is 0. The monoisotopic (exact) mass is 397 g/mol. The van der Waals surface area contributed by atoms with E-state index in [1.807, 2.05) is 30.3 Å². The fraction of sp³-hybridized carbons (Fsp3) is 0.125. The van der Waals surface area contributed by atoms with E-state index >= 15 is 0 Å². The molecule has 1 aromatic heterocycles. The zero-order valence-electron chi connectivity index (χ0n) is 17.0. The van der Waals surface area contributed by atoms with E-state index in [0.29, 0.717) is 29.4 Å². The van der Waals surface area contributed by atoms with Gasteiger partial charge in [-0.1, -0.05) is 36.4 Å². The van der Waals surface area contributed by atoms with E-state index in [0.717, 1.165) is 22.1 Å². The van der Waals surface area contributed by atoms with Crippen molar-refractivity contribution in [2.24, 2.45) is 0 Å². The third kappa shape index (κ3) is 3.67. The zero-order valence-corrected chi connectivity index (χ0v) is 17.0. The lowest BCUT2D eigenvalue weighted by Gasteiger charge is -2.25. The van der Waals surface area contributed by atoms with Gasteiger partial charge >= 0.3 is 0 Å². The highest BCUT2D eigenvalue weighted by atomic mass is 16.1. The number of hydrogen-bond donors (Lipinski definition) is 2. The molecule has 0 fully saturated rings. The summed E-state index contributed by atoms with van der Waals surface area (Å²) >= 11 is 0. The van der Waals surface area contributed by atoms with E-state index in [9.17, 15) is 4.79 Å². The minimum absolute atomic E-state index is 0.0269. The Morgan fingerprint density at radius 2 is 1.73 bits per heavy atom. The van der Waals surface area contributed by atoms with Gasteiger partial charge in [0, 0.05) is 23.2 Å². The fourth-order valence-electron chi connectivity index (χ4n) is 3.50. The number of nitrogens with two attached hydrogens (primary N) is 1. The minimum atomic E-state index is 0.0269. The second kappa shape index (κ2) is 8.21. The molecule has 0 unspecified atom stereocenters. The van der Waals surface area contributed by atoms with E-state index in [2.05, 4.69) is 51.4 Å². The average Bonchev–Trinajstić information content (AvgIpc) is 2.77. The van der Waals surface area contributed by atoms with E-state index in [-0.39, 0.29) is 5.78 Å². The van der Waals surface area contributed by atoms with Gasteiger partial charge in [-0.3, -0.25) is 4.79 Å². The summed E-state index contributed by atoms with van der Waals surface area (Å²) in [6.07, 6.45) is 1.51. The van der Waals surface area contributed by atoms with Gasteiger partial charge < -0.3 is 16.0 Å². The second-order valence-electron chi connectivity index (χ2n) is 6.96. The number of carbonyl (C=O) groups is 1. The van der Waals surface area contributed by atoms with Gasteiger partial charge in [0.2, 0.25) is 0 Å². The molecule has 6 nitrogen and oxygen atoms in total. The maximum absolute atomic E-state index is 11.5. The minimum Gasteiger partial charge on any atom is -0.393 e. The molecule has 1 heterocycles. The van der Waals surface area contributed by atoms with Crippen molar-refractivity contribution in [3.63, 3.8) is 0 Å². The number of benzene rings is 3. The SMILES string of the molecule is CCN(c1ncnc(Nc2ccc(C(C)=O)cc2)c1N)c1cccc2ccccc12. The van der Waals surface area contributed by atoms with Crippen LogP contribution in [0.3, 0.4) is 0 Å². The van der Waals surface area contributed by atoms with Crippen molar-refractivity contribution in [2.75, 3.05) is 22.5 Å². The van der Waals surface area contributed by atoms with Crippen LogP contribution in [-0.4, -0.2) is 22.3 Å². The van der Waals surface area contributed by atoms with Crippen LogP contribution in [0.15, 0.2) is 73.1 Å². The van der Waals surface area contributed by atoms with Gasteiger partial charge in [0.25, 0.3) is 0 Å². The number of carbonyl (C=O) groups excluding carboxylic acids is 1. The lowest BCUT2D eigenvalue weighted by atomic mass is 10.1. The number of aromatic nitrogens is 2. The van der Waals surface area contributed by atoms with Gasteiger partial charge in [0.15, 0.2) is 17.4 Å². The Labute approximate surface area is 175 Å². The molecule has 3 aromatic carbocycles. The van der Waals surface area contributed by atoms with Crippen molar-refractivity contribution < 1.29 is 4.79 Å². The number of rotatable bonds is 6. The van der Waals surface area contributed by atoms with Crippen LogP contribution in [-0.2, 0) is 0 Å². The van der Waals surface area contributed by atoms with Crippen molar-refractivity contribution >= 4 is 45.3 Å². The lowest BCUT2D eigenvalue weighted by molar-refractivity contribution is 0.101. The van der Waals surface area contributed by atoms with Crippen molar-refractivity contribution in [2.45, 2.75) is 13.8 Å². The van der Waals surface area contributed by atoms with Crippen LogP contribution in [0.1, 0.15) is 24.2 Å². The third-order valence-electron chi connectivity index (χ3n) is 5.05. The van der Waals surface area contributed by atoms with E-state index in [1.54, 1.807) is 19.1 Å². The number of nitrogens with zero attached hydrogens (tertiary/aromatic N) is 3. The van der Waals surface area contributed by atoms with Crippen LogP contribution in [0.4, 0.5) is 28.7 Å². The molecule has 0 aliphatic carbocycles. The standard InChI is InChI=1S/C24H23N5O/c1-3-29(21-10-6-8-18-7-4-5-9-20(18)21)24-22(25)23(26-15-27-24)28-19-13-11-17(12-14-19)16(2)30/h4-15H,3,25H2,1-2H3,(H,26,27,28). The summed E-state index contributed by atoms with van der Waals surface area (Å²) in [5.74, 6) is 1.19. The maximum atomic E-state index is 11.5. The molecular weight excluding hydrogens is 374 g/mol. The molecule has 0 saturated carbocycles. The number of anilines is 5. The predicted octanol–water partition coefficient (Wildman–Crippen LogP) is 5.32. The van der Waals surface area contributed by atoms with Crippen LogP contribution in [0.25, 0.3) is 10.8 Å². The molecule has 0 bridgehead atoms. The number of ketones is 1. The summed E-state index contributed by atoms with van der Waals surface area (Å²) in [4.78, 5) is 22.4. The molecule has 0 atom stereocenters. The van der Waals surface area contributed by atoms with Crippen LogP contribution < -0.4 is 16.0 Å². The first kappa shape index (κ1) is 19.4. The number of fused-ring (bicyclic) bond motifs is 1. The van der Waals surface area contributed by atoms with Crippen molar-refractivity contribution in [1.29, 1.82) is 0 Å². The third-order valence-corrected chi connectivity index (χ3v) is 5.05. The Morgan fingerprint density at radius 1 is 1.00 bits per heavy atom. The van der Waals surface area contributed by atoms with Gasteiger partial charge in [-0.2, -0.15) is 0 Å². The molecule has 0 spiro atoms. The van der Waals surface area contributed by atoms with Crippen molar-refractivity contribution in [1.82, 2.24) is 9.97 Å². The van der Waals surface area contributed by atoms with Crippen LogP contribution >= 0.6 is 0 Å². The lowest BCUT2D eigenvalue weighted by Crippen LogP contribution is -2.20. The highest BCUT2D eigenvalue weighted by Gasteiger charge is 2.17. The average molecular weight is 397 g/mol. The Hall–Kier alpha value is -3.93. The molecule has 0 radical (unpaired) electrons. The summed E-state index contributed by atoms with van der Waals surface area (Å²) in [6, 6.07) is 21.7. The predicted molar refractivity (Wildman–Crippen MR) is 123 cm³/mol. The molecule has 0 saturated heterocycles. The molecule has 0 amide bonds. The Kier molecular flexibility index (Phi) is 5.30. The molecule has 150 valence electrons. The summed E-state index contributed by atoms with van der Waals surface area (Å²) in [6.45, 7) is 4.31. The molecule has 6 heteroatoms. The summed E-state index contributed by atoms with van der Waals surface area (Å²) < 4.78 is 0. The zero-order chi connectivity index (χ0) is 21.1. The van der Waals surface area contributed by atoms with Gasteiger partial charge in [-0.25, -0.2) is 9.97 Å². The topological polar surface area (TPSA) is 84.1 Å². The fourth-order valence-corrected chi connectivity index (χ4v) is 3.50.